The molecule has 7 nitrogen and oxygen atoms in total. The van der Waals surface area contributed by atoms with Crippen LogP contribution in [0.2, 0.25) is 0 Å². The van der Waals surface area contributed by atoms with Gasteiger partial charge in [-0.25, -0.2) is 9.97 Å². The van der Waals surface area contributed by atoms with E-state index in [1.165, 1.54) is 0 Å². The molecule has 1 N–H and O–H groups in total. The van der Waals surface area contributed by atoms with Crippen molar-refractivity contribution in [1.82, 2.24) is 24.6 Å². The number of likely N-dealkylation sites (tertiary alicyclic amines) is 1. The van der Waals surface area contributed by atoms with Crippen LogP contribution in [0.5, 0.6) is 0 Å². The number of methoxy groups -OCH3 is 1. The lowest BCUT2D eigenvalue weighted by atomic mass is 10.2. The molecule has 3 rings (SSSR count). The van der Waals surface area contributed by atoms with Crippen LogP contribution in [-0.4, -0.2) is 64.1 Å². The predicted molar refractivity (Wildman–Crippen MR) is 81.9 cm³/mol. The second-order valence-corrected chi connectivity index (χ2v) is 5.54. The van der Waals surface area contributed by atoms with E-state index in [2.05, 4.69) is 27.1 Å². The maximum Gasteiger partial charge on any atom is 0.270 e. The van der Waals surface area contributed by atoms with Crippen molar-refractivity contribution in [3.05, 3.63) is 29.8 Å². The second kappa shape index (κ2) is 6.02. The Bertz CT molecular complexity index is 684. The number of carbonyl (C=O) groups is 1. The third-order valence-corrected chi connectivity index (χ3v) is 4.20. The maximum absolute atomic E-state index is 12.7. The molecule has 0 unspecified atom stereocenters. The zero-order chi connectivity index (χ0) is 15.7. The summed E-state index contributed by atoms with van der Waals surface area (Å²) in [5, 5.41) is 3.09. The van der Waals surface area contributed by atoms with E-state index in [0.29, 0.717) is 17.2 Å². The second-order valence-electron chi connectivity index (χ2n) is 5.54. The number of likely N-dealkylation sites (N-methyl/N-ethyl adjacent to an activating group) is 1. The number of ether oxygens (including phenoxy) is 1. The standard InChI is InChI=1S/C15H21N5O2/c1-4-19-8-11(12(9-19)22-3)18-14(21)13-10(2)17-15-16-6-5-7-20(13)15/h5-7,11-12H,4,8-9H2,1-3H3,(H,18,21)/t11-,12-/m0/s1. The Morgan fingerprint density at radius 1 is 1.50 bits per heavy atom. The molecule has 7 heteroatoms. The summed E-state index contributed by atoms with van der Waals surface area (Å²) in [6, 6.07) is 1.77. The Labute approximate surface area is 129 Å². The first-order valence-electron chi connectivity index (χ1n) is 7.49. The van der Waals surface area contributed by atoms with E-state index < -0.39 is 0 Å². The third kappa shape index (κ3) is 2.57. The fraction of sp³-hybridized carbons (Fsp3) is 0.533. The third-order valence-electron chi connectivity index (χ3n) is 4.20. The quantitative estimate of drug-likeness (QED) is 0.890. The average Bonchev–Trinajstić information content (AvgIpc) is 3.06. The molecular formula is C15H21N5O2. The van der Waals surface area contributed by atoms with Gasteiger partial charge in [0.15, 0.2) is 0 Å². The molecule has 118 valence electrons. The van der Waals surface area contributed by atoms with E-state index in [1.807, 2.05) is 6.92 Å². The largest absolute Gasteiger partial charge is 0.378 e. The van der Waals surface area contributed by atoms with Crippen LogP contribution in [0.3, 0.4) is 0 Å². The first-order valence-corrected chi connectivity index (χ1v) is 7.49. The molecule has 0 spiro atoms. The van der Waals surface area contributed by atoms with Crippen molar-refractivity contribution in [3.8, 4) is 0 Å². The number of aromatic nitrogens is 3. The Hall–Kier alpha value is -1.99. The summed E-state index contributed by atoms with van der Waals surface area (Å²) in [5.41, 5.74) is 1.21. The highest BCUT2D eigenvalue weighted by Crippen LogP contribution is 2.15. The van der Waals surface area contributed by atoms with Gasteiger partial charge in [0.25, 0.3) is 5.91 Å². The van der Waals surface area contributed by atoms with Gasteiger partial charge >= 0.3 is 0 Å². The smallest absolute Gasteiger partial charge is 0.270 e. The molecule has 0 saturated carbocycles. The van der Waals surface area contributed by atoms with Crippen LogP contribution in [0.1, 0.15) is 23.1 Å². The van der Waals surface area contributed by atoms with Gasteiger partial charge in [-0.05, 0) is 19.5 Å². The number of imidazole rings is 1. The van der Waals surface area contributed by atoms with Gasteiger partial charge in [0.05, 0.1) is 17.8 Å². The molecule has 0 aliphatic carbocycles. The number of hydrogen-bond acceptors (Lipinski definition) is 5. The van der Waals surface area contributed by atoms with E-state index in [0.717, 1.165) is 19.6 Å². The number of nitrogens with one attached hydrogen (secondary N) is 1. The van der Waals surface area contributed by atoms with E-state index in [4.69, 9.17) is 4.74 Å². The normalized spacial score (nSPS) is 22.3. The number of fused-ring (bicyclic) bond motifs is 1. The van der Waals surface area contributed by atoms with Crippen LogP contribution >= 0.6 is 0 Å². The van der Waals surface area contributed by atoms with Crippen molar-refractivity contribution < 1.29 is 9.53 Å². The molecule has 22 heavy (non-hydrogen) atoms. The highest BCUT2D eigenvalue weighted by Gasteiger charge is 2.34. The minimum absolute atomic E-state index is 0.0147. The van der Waals surface area contributed by atoms with Gasteiger partial charge in [-0.3, -0.25) is 14.1 Å². The summed E-state index contributed by atoms with van der Waals surface area (Å²) in [5.74, 6) is 0.401. The lowest BCUT2D eigenvalue weighted by molar-refractivity contribution is 0.0758. The minimum Gasteiger partial charge on any atom is -0.378 e. The zero-order valence-electron chi connectivity index (χ0n) is 13.1. The van der Waals surface area contributed by atoms with Crippen LogP contribution in [0.25, 0.3) is 5.78 Å². The molecule has 1 aliphatic heterocycles. The molecule has 1 amide bonds. The van der Waals surface area contributed by atoms with Crippen LogP contribution < -0.4 is 5.32 Å². The Balaban J connectivity index is 1.83. The minimum atomic E-state index is -0.136. The highest BCUT2D eigenvalue weighted by atomic mass is 16.5. The SMILES string of the molecule is CCN1C[C@H](NC(=O)c2c(C)nc3ncccn23)[C@@H](OC)C1. The number of hydrogen-bond donors (Lipinski definition) is 1. The lowest BCUT2D eigenvalue weighted by Gasteiger charge is -2.18. The van der Waals surface area contributed by atoms with E-state index >= 15 is 0 Å². The van der Waals surface area contributed by atoms with E-state index in [-0.39, 0.29) is 18.1 Å². The van der Waals surface area contributed by atoms with Crippen molar-refractivity contribution in [2.24, 2.45) is 0 Å². The van der Waals surface area contributed by atoms with Crippen molar-refractivity contribution in [2.75, 3.05) is 26.7 Å². The monoisotopic (exact) mass is 303 g/mol. The molecule has 1 saturated heterocycles. The molecule has 1 aliphatic rings. The van der Waals surface area contributed by atoms with Crippen LogP contribution in [0.15, 0.2) is 18.5 Å². The molecule has 2 aromatic heterocycles. The topological polar surface area (TPSA) is 71.8 Å². The van der Waals surface area contributed by atoms with Crippen molar-refractivity contribution in [1.29, 1.82) is 0 Å². The van der Waals surface area contributed by atoms with Gasteiger partial charge in [0.2, 0.25) is 5.78 Å². The van der Waals surface area contributed by atoms with E-state index in [9.17, 15) is 4.79 Å². The highest BCUT2D eigenvalue weighted by molar-refractivity contribution is 5.94. The van der Waals surface area contributed by atoms with E-state index in [1.54, 1.807) is 30.0 Å². The summed E-state index contributed by atoms with van der Waals surface area (Å²) in [6.07, 6.45) is 3.49. The maximum atomic E-state index is 12.7. The fourth-order valence-electron chi connectivity index (χ4n) is 3.00. The number of amides is 1. The van der Waals surface area contributed by atoms with Crippen molar-refractivity contribution in [3.63, 3.8) is 0 Å². The van der Waals surface area contributed by atoms with Gasteiger partial charge in [-0.1, -0.05) is 6.92 Å². The molecule has 2 aromatic rings. The van der Waals surface area contributed by atoms with Crippen molar-refractivity contribution in [2.45, 2.75) is 26.0 Å². The van der Waals surface area contributed by atoms with Gasteiger partial charge in [0.1, 0.15) is 5.69 Å². The zero-order valence-corrected chi connectivity index (χ0v) is 13.1. The summed E-state index contributed by atoms with van der Waals surface area (Å²) in [6.45, 7) is 6.52. The average molecular weight is 303 g/mol. The first kappa shape index (κ1) is 14.9. The lowest BCUT2D eigenvalue weighted by Crippen LogP contribution is -2.44. The molecule has 2 atom stereocenters. The molecule has 0 bridgehead atoms. The van der Waals surface area contributed by atoms with Gasteiger partial charge in [-0.15, -0.1) is 0 Å². The molecule has 1 fully saturated rings. The van der Waals surface area contributed by atoms with Crippen molar-refractivity contribution >= 4 is 11.7 Å². The van der Waals surface area contributed by atoms with Crippen LogP contribution in [0, 0.1) is 6.92 Å². The van der Waals surface area contributed by atoms with Crippen LogP contribution in [0.4, 0.5) is 0 Å². The van der Waals surface area contributed by atoms with Crippen LogP contribution in [-0.2, 0) is 4.74 Å². The summed E-state index contributed by atoms with van der Waals surface area (Å²) in [7, 11) is 1.69. The molecule has 0 radical (unpaired) electrons. The van der Waals surface area contributed by atoms with Gasteiger partial charge in [-0.2, -0.15) is 0 Å². The Morgan fingerprint density at radius 2 is 2.32 bits per heavy atom. The fourth-order valence-corrected chi connectivity index (χ4v) is 3.00. The summed E-state index contributed by atoms with van der Waals surface area (Å²) in [4.78, 5) is 23.4. The van der Waals surface area contributed by atoms with Gasteiger partial charge < -0.3 is 10.1 Å². The molecular weight excluding hydrogens is 282 g/mol. The summed E-state index contributed by atoms with van der Waals surface area (Å²) < 4.78 is 7.22. The summed E-state index contributed by atoms with van der Waals surface area (Å²) >= 11 is 0. The van der Waals surface area contributed by atoms with Gasteiger partial charge in [0, 0.05) is 32.6 Å². The Kier molecular flexibility index (Phi) is 4.08. The number of rotatable bonds is 4. The molecule has 3 heterocycles. The number of aryl methyl sites for hydroxylation is 1. The molecule has 0 aromatic carbocycles. The number of carbonyl (C=O) groups excluding carboxylic acids is 1. The Morgan fingerprint density at radius 3 is 3.05 bits per heavy atom. The predicted octanol–water partition coefficient (Wildman–Crippen LogP) is 0.487. The first-order chi connectivity index (χ1) is 10.6. The number of nitrogens with zero attached hydrogens (tertiary/aromatic N) is 4.